The van der Waals surface area contributed by atoms with Crippen LogP contribution in [0.25, 0.3) is 0 Å². The largest absolute Gasteiger partial charge is 0.261 e. The molecule has 0 spiro atoms. The Balaban J connectivity index is 0.000001000. The summed E-state index contributed by atoms with van der Waals surface area (Å²) in [5, 5.41) is 1.21. The maximum atomic E-state index is 5.41. The van der Waals surface area contributed by atoms with Crippen molar-refractivity contribution in [2.75, 3.05) is 12.3 Å². The molecule has 1 rings (SSSR count). The SMILES string of the molecule is Br.CON(N)c1ccccc1. The Morgan fingerprint density at radius 2 is 1.82 bits per heavy atom. The fraction of sp³-hybridized carbons (Fsp3) is 0.143. The molecule has 11 heavy (non-hydrogen) atoms. The van der Waals surface area contributed by atoms with E-state index in [1.807, 2.05) is 30.3 Å². The third-order valence-corrected chi connectivity index (χ3v) is 1.21. The lowest BCUT2D eigenvalue weighted by molar-refractivity contribution is 0.168. The van der Waals surface area contributed by atoms with Gasteiger partial charge in [-0.05, 0) is 12.1 Å². The van der Waals surface area contributed by atoms with Crippen molar-refractivity contribution in [1.29, 1.82) is 0 Å². The van der Waals surface area contributed by atoms with Crippen LogP contribution in [0.5, 0.6) is 0 Å². The first-order valence-corrected chi connectivity index (χ1v) is 2.98. The van der Waals surface area contributed by atoms with Crippen LogP contribution >= 0.6 is 17.0 Å². The lowest BCUT2D eigenvalue weighted by atomic mass is 10.3. The van der Waals surface area contributed by atoms with Crippen LogP contribution in [0.15, 0.2) is 30.3 Å². The Morgan fingerprint density at radius 3 is 2.27 bits per heavy atom. The number of hydrogen-bond acceptors (Lipinski definition) is 3. The molecule has 0 radical (unpaired) electrons. The van der Waals surface area contributed by atoms with Gasteiger partial charge in [0.2, 0.25) is 0 Å². The van der Waals surface area contributed by atoms with Crippen molar-refractivity contribution in [3.05, 3.63) is 30.3 Å². The molecule has 0 heterocycles. The zero-order valence-electron chi connectivity index (χ0n) is 6.23. The number of benzene rings is 1. The van der Waals surface area contributed by atoms with Crippen LogP contribution in [0.1, 0.15) is 0 Å². The van der Waals surface area contributed by atoms with E-state index in [2.05, 4.69) is 0 Å². The first-order chi connectivity index (χ1) is 4.84. The minimum Gasteiger partial charge on any atom is -0.261 e. The first kappa shape index (κ1) is 10.4. The summed E-state index contributed by atoms with van der Waals surface area (Å²) in [6.45, 7) is 0. The van der Waals surface area contributed by atoms with E-state index in [0.29, 0.717) is 0 Å². The highest BCUT2D eigenvalue weighted by molar-refractivity contribution is 8.93. The van der Waals surface area contributed by atoms with Crippen molar-refractivity contribution in [2.24, 2.45) is 5.84 Å². The average Bonchev–Trinajstić information content (AvgIpc) is 2.05. The average molecular weight is 219 g/mol. The predicted molar refractivity (Wildman–Crippen MR) is 50.4 cm³/mol. The molecule has 0 saturated heterocycles. The van der Waals surface area contributed by atoms with Crippen LogP contribution in [-0.4, -0.2) is 7.11 Å². The van der Waals surface area contributed by atoms with E-state index in [1.165, 1.54) is 12.3 Å². The van der Waals surface area contributed by atoms with Crippen LogP contribution in [0.2, 0.25) is 0 Å². The Labute approximate surface area is 76.4 Å². The van der Waals surface area contributed by atoms with E-state index in [4.69, 9.17) is 10.7 Å². The van der Waals surface area contributed by atoms with Gasteiger partial charge in [-0.15, -0.1) is 17.0 Å². The summed E-state index contributed by atoms with van der Waals surface area (Å²) in [4.78, 5) is 4.75. The summed E-state index contributed by atoms with van der Waals surface area (Å²) in [6.07, 6.45) is 0. The molecule has 3 nitrogen and oxygen atoms in total. The van der Waals surface area contributed by atoms with Gasteiger partial charge in [-0.25, -0.2) is 5.84 Å². The summed E-state index contributed by atoms with van der Waals surface area (Å²) in [5.41, 5.74) is 0.838. The van der Waals surface area contributed by atoms with Crippen molar-refractivity contribution >= 4 is 22.7 Å². The minimum absolute atomic E-state index is 0. The highest BCUT2D eigenvalue weighted by Gasteiger charge is 1.94. The van der Waals surface area contributed by atoms with Gasteiger partial charge in [0.05, 0.1) is 12.8 Å². The molecule has 0 aliphatic heterocycles. The molecular weight excluding hydrogens is 208 g/mol. The number of rotatable bonds is 2. The van der Waals surface area contributed by atoms with Gasteiger partial charge in [0.15, 0.2) is 0 Å². The van der Waals surface area contributed by atoms with Gasteiger partial charge >= 0.3 is 0 Å². The molecule has 62 valence electrons. The normalized spacial score (nSPS) is 8.55. The third kappa shape index (κ3) is 2.88. The molecule has 4 heteroatoms. The Morgan fingerprint density at radius 1 is 1.27 bits per heavy atom. The van der Waals surface area contributed by atoms with Crippen LogP contribution in [0, 0.1) is 0 Å². The second-order valence-electron chi connectivity index (χ2n) is 1.84. The lowest BCUT2D eigenvalue weighted by Crippen LogP contribution is -2.28. The zero-order valence-corrected chi connectivity index (χ0v) is 7.94. The molecule has 0 saturated carbocycles. The second-order valence-corrected chi connectivity index (χ2v) is 1.84. The molecule has 1 aromatic carbocycles. The fourth-order valence-electron chi connectivity index (χ4n) is 0.680. The molecular formula is C7H11BrN2O. The number of nitrogens with zero attached hydrogens (tertiary/aromatic N) is 1. The van der Waals surface area contributed by atoms with Gasteiger partial charge in [0.1, 0.15) is 0 Å². The van der Waals surface area contributed by atoms with Gasteiger partial charge in [-0.2, -0.15) is 5.17 Å². The molecule has 1 aromatic rings. The molecule has 0 aliphatic carbocycles. The van der Waals surface area contributed by atoms with Gasteiger partial charge in [0.25, 0.3) is 0 Å². The Bertz CT molecular complexity index is 193. The maximum Gasteiger partial charge on any atom is 0.0820 e. The molecule has 0 aromatic heterocycles. The monoisotopic (exact) mass is 218 g/mol. The molecule has 0 bridgehead atoms. The van der Waals surface area contributed by atoms with E-state index in [0.717, 1.165) is 5.69 Å². The van der Waals surface area contributed by atoms with Crippen molar-refractivity contribution in [3.63, 3.8) is 0 Å². The van der Waals surface area contributed by atoms with E-state index in [1.54, 1.807) is 0 Å². The van der Waals surface area contributed by atoms with Crippen molar-refractivity contribution in [1.82, 2.24) is 0 Å². The molecule has 2 N–H and O–H groups in total. The number of halogens is 1. The third-order valence-electron chi connectivity index (χ3n) is 1.21. The highest BCUT2D eigenvalue weighted by Crippen LogP contribution is 2.07. The Hall–Kier alpha value is -0.580. The predicted octanol–water partition coefficient (Wildman–Crippen LogP) is 1.51. The standard InChI is InChI=1S/C7H10N2O.BrH/c1-10-9(8)7-5-3-2-4-6-7;/h2-6H,8H2,1H3;1H. The molecule has 0 aliphatic rings. The van der Waals surface area contributed by atoms with Crippen LogP contribution < -0.4 is 11.0 Å². The zero-order chi connectivity index (χ0) is 7.40. The number of anilines is 1. The summed E-state index contributed by atoms with van der Waals surface area (Å²) >= 11 is 0. The molecule has 0 fully saturated rings. The molecule has 0 amide bonds. The quantitative estimate of drug-likeness (QED) is 0.605. The van der Waals surface area contributed by atoms with E-state index in [-0.39, 0.29) is 17.0 Å². The summed E-state index contributed by atoms with van der Waals surface area (Å²) in [5.74, 6) is 5.41. The van der Waals surface area contributed by atoms with Crippen LogP contribution in [0.4, 0.5) is 5.69 Å². The summed E-state index contributed by atoms with van der Waals surface area (Å²) < 4.78 is 0. The number of hydrazine groups is 1. The van der Waals surface area contributed by atoms with E-state index in [9.17, 15) is 0 Å². The minimum atomic E-state index is 0. The van der Waals surface area contributed by atoms with Crippen LogP contribution in [-0.2, 0) is 4.84 Å². The number of hydrogen-bond donors (Lipinski definition) is 1. The van der Waals surface area contributed by atoms with Crippen molar-refractivity contribution in [2.45, 2.75) is 0 Å². The fourth-order valence-corrected chi connectivity index (χ4v) is 0.680. The summed E-state index contributed by atoms with van der Waals surface area (Å²) in [7, 11) is 1.52. The van der Waals surface area contributed by atoms with Gasteiger partial charge in [-0.3, -0.25) is 4.84 Å². The number of nitrogens with two attached hydrogens (primary N) is 1. The van der Waals surface area contributed by atoms with E-state index >= 15 is 0 Å². The second kappa shape index (κ2) is 5.12. The first-order valence-electron chi connectivity index (χ1n) is 2.98. The van der Waals surface area contributed by atoms with E-state index < -0.39 is 0 Å². The lowest BCUT2D eigenvalue weighted by Gasteiger charge is -2.13. The Kier molecular flexibility index (Phi) is 4.85. The molecule has 0 unspecified atom stereocenters. The topological polar surface area (TPSA) is 38.5 Å². The van der Waals surface area contributed by atoms with Gasteiger partial charge in [-0.1, -0.05) is 18.2 Å². The number of para-hydroxylation sites is 1. The smallest absolute Gasteiger partial charge is 0.0820 e. The van der Waals surface area contributed by atoms with Gasteiger partial charge < -0.3 is 0 Å². The van der Waals surface area contributed by atoms with Crippen LogP contribution in [0.3, 0.4) is 0 Å². The van der Waals surface area contributed by atoms with Gasteiger partial charge in [0, 0.05) is 0 Å². The summed E-state index contributed by atoms with van der Waals surface area (Å²) in [6, 6.07) is 9.45. The molecule has 0 atom stereocenters. The maximum absolute atomic E-state index is 5.41. The highest BCUT2D eigenvalue weighted by atomic mass is 79.9. The van der Waals surface area contributed by atoms with Crippen molar-refractivity contribution in [3.8, 4) is 0 Å². The van der Waals surface area contributed by atoms with Crippen molar-refractivity contribution < 1.29 is 4.84 Å².